The maximum Gasteiger partial charge on any atom is 0.225 e. The summed E-state index contributed by atoms with van der Waals surface area (Å²) in [6, 6.07) is 12.6. The Kier molecular flexibility index (Phi) is 6.20. The van der Waals surface area contributed by atoms with Crippen molar-refractivity contribution >= 4 is 23.1 Å². The molecule has 150 valence electrons. The summed E-state index contributed by atoms with van der Waals surface area (Å²) in [5, 5.41) is 5.38. The number of hydrogen-bond acceptors (Lipinski definition) is 5. The van der Waals surface area contributed by atoms with Crippen molar-refractivity contribution in [1.82, 2.24) is 15.3 Å². The number of rotatable bonds is 6. The van der Waals surface area contributed by atoms with Crippen LogP contribution in [0, 0.1) is 5.92 Å². The Morgan fingerprint density at radius 1 is 1.28 bits per heavy atom. The van der Waals surface area contributed by atoms with Crippen LogP contribution in [-0.4, -0.2) is 29.0 Å². The molecule has 1 aromatic carbocycles. The number of thiophene rings is 1. The molecule has 4 rings (SSSR count). The monoisotopic (exact) mass is 406 g/mol. The lowest BCUT2D eigenvalue weighted by Crippen LogP contribution is -2.44. The third kappa shape index (κ3) is 4.65. The average molecular weight is 407 g/mol. The molecule has 1 saturated heterocycles. The minimum Gasteiger partial charge on any atom is -0.355 e. The highest BCUT2D eigenvalue weighted by atomic mass is 32.1. The Labute approximate surface area is 175 Å². The van der Waals surface area contributed by atoms with Crippen molar-refractivity contribution in [3.8, 4) is 0 Å². The van der Waals surface area contributed by atoms with Crippen LogP contribution >= 0.6 is 11.3 Å². The molecule has 2 aromatic heterocycles. The molecular weight excluding hydrogens is 380 g/mol. The number of aromatic nitrogens is 2. The van der Waals surface area contributed by atoms with Crippen molar-refractivity contribution in [2.75, 3.05) is 18.0 Å². The van der Waals surface area contributed by atoms with Gasteiger partial charge in [0.05, 0.1) is 18.2 Å². The molecule has 3 aromatic rings. The van der Waals surface area contributed by atoms with E-state index in [1.165, 1.54) is 5.56 Å². The maximum absolute atomic E-state index is 13.2. The third-order valence-corrected chi connectivity index (χ3v) is 6.44. The quantitative estimate of drug-likeness (QED) is 0.666. The molecule has 6 heteroatoms. The number of amides is 1. The van der Waals surface area contributed by atoms with Gasteiger partial charge in [0.2, 0.25) is 5.91 Å². The number of nitrogens with one attached hydrogen (secondary N) is 1. The first-order valence-corrected chi connectivity index (χ1v) is 11.1. The van der Waals surface area contributed by atoms with Gasteiger partial charge in [-0.2, -0.15) is 0 Å². The minimum absolute atomic E-state index is 0.0527. The molecule has 1 amide bonds. The van der Waals surface area contributed by atoms with Crippen LogP contribution in [0.15, 0.2) is 60.4 Å². The largest absolute Gasteiger partial charge is 0.355 e. The van der Waals surface area contributed by atoms with Crippen molar-refractivity contribution in [1.29, 1.82) is 0 Å². The number of piperidine rings is 1. The van der Waals surface area contributed by atoms with Gasteiger partial charge >= 0.3 is 0 Å². The fourth-order valence-electron chi connectivity index (χ4n) is 3.83. The van der Waals surface area contributed by atoms with Crippen molar-refractivity contribution in [3.05, 3.63) is 76.4 Å². The second-order valence-corrected chi connectivity index (χ2v) is 8.38. The number of carbonyl (C=O) groups excluding carboxylic acids is 1. The summed E-state index contributed by atoms with van der Waals surface area (Å²) >= 11 is 1.68. The van der Waals surface area contributed by atoms with E-state index in [1.54, 1.807) is 29.9 Å². The Morgan fingerprint density at radius 2 is 2.14 bits per heavy atom. The highest BCUT2D eigenvalue weighted by molar-refractivity contribution is 7.10. The predicted molar refractivity (Wildman–Crippen MR) is 117 cm³/mol. The lowest BCUT2D eigenvalue weighted by molar-refractivity contribution is -0.125. The summed E-state index contributed by atoms with van der Waals surface area (Å²) in [7, 11) is 0. The predicted octanol–water partition coefficient (Wildman–Crippen LogP) is 4.22. The van der Waals surface area contributed by atoms with Gasteiger partial charge in [-0.25, -0.2) is 4.98 Å². The van der Waals surface area contributed by atoms with Gasteiger partial charge in [-0.1, -0.05) is 37.3 Å². The molecule has 0 saturated carbocycles. The van der Waals surface area contributed by atoms with Gasteiger partial charge in [0.1, 0.15) is 5.82 Å². The fraction of sp³-hybridized carbons (Fsp3) is 0.348. The molecule has 1 aliphatic rings. The van der Waals surface area contributed by atoms with E-state index in [9.17, 15) is 4.79 Å². The van der Waals surface area contributed by atoms with Gasteiger partial charge in [0.25, 0.3) is 0 Å². The first kappa shape index (κ1) is 19.6. The van der Waals surface area contributed by atoms with E-state index in [2.05, 4.69) is 62.8 Å². The van der Waals surface area contributed by atoms with E-state index in [0.29, 0.717) is 6.54 Å². The summed E-state index contributed by atoms with van der Waals surface area (Å²) in [5.41, 5.74) is 2.43. The van der Waals surface area contributed by atoms with Crippen LogP contribution in [0.4, 0.5) is 5.82 Å². The van der Waals surface area contributed by atoms with E-state index >= 15 is 0 Å². The molecule has 3 heterocycles. The van der Waals surface area contributed by atoms with Crippen LogP contribution in [0.3, 0.4) is 0 Å². The zero-order valence-corrected chi connectivity index (χ0v) is 17.4. The lowest BCUT2D eigenvalue weighted by atomic mass is 9.95. The molecule has 1 aliphatic heterocycles. The highest BCUT2D eigenvalue weighted by Gasteiger charge is 2.29. The Morgan fingerprint density at radius 3 is 2.83 bits per heavy atom. The zero-order chi connectivity index (χ0) is 20.1. The second kappa shape index (κ2) is 9.18. The fourth-order valence-corrected chi connectivity index (χ4v) is 4.64. The molecule has 1 N–H and O–H groups in total. The number of carbonyl (C=O) groups is 1. The van der Waals surface area contributed by atoms with Gasteiger partial charge in [0, 0.05) is 30.4 Å². The SMILES string of the molecule is CCc1ccc([C@H](NC(=O)[C@H]2CCCN(c3cnccn3)C2)c2cccs2)cc1. The molecule has 5 nitrogen and oxygen atoms in total. The van der Waals surface area contributed by atoms with Gasteiger partial charge in [-0.05, 0) is 41.8 Å². The molecular formula is C23H26N4OS. The van der Waals surface area contributed by atoms with Crippen LogP contribution in [0.5, 0.6) is 0 Å². The minimum atomic E-state index is -0.111. The van der Waals surface area contributed by atoms with Gasteiger partial charge < -0.3 is 10.2 Å². The van der Waals surface area contributed by atoms with Crippen molar-refractivity contribution in [2.45, 2.75) is 32.2 Å². The van der Waals surface area contributed by atoms with Crippen LogP contribution in [-0.2, 0) is 11.2 Å². The van der Waals surface area contributed by atoms with Crippen LogP contribution < -0.4 is 10.2 Å². The van der Waals surface area contributed by atoms with Crippen molar-refractivity contribution in [3.63, 3.8) is 0 Å². The number of hydrogen-bond donors (Lipinski definition) is 1. The molecule has 1 fully saturated rings. The highest BCUT2D eigenvalue weighted by Crippen LogP contribution is 2.28. The van der Waals surface area contributed by atoms with E-state index in [1.807, 2.05) is 6.07 Å². The van der Waals surface area contributed by atoms with Crippen molar-refractivity contribution in [2.24, 2.45) is 5.92 Å². The summed E-state index contributed by atoms with van der Waals surface area (Å²) in [4.78, 5) is 25.1. The van der Waals surface area contributed by atoms with Crippen molar-refractivity contribution < 1.29 is 4.79 Å². The molecule has 0 bridgehead atoms. The summed E-state index contributed by atoms with van der Waals surface area (Å²) < 4.78 is 0. The first-order chi connectivity index (χ1) is 14.2. The second-order valence-electron chi connectivity index (χ2n) is 7.40. The normalized spacial score (nSPS) is 17.7. The van der Waals surface area contributed by atoms with Gasteiger partial charge in [0.15, 0.2) is 0 Å². The molecule has 0 aliphatic carbocycles. The van der Waals surface area contributed by atoms with Crippen LogP contribution in [0.1, 0.15) is 41.8 Å². The Hall–Kier alpha value is -2.73. The smallest absolute Gasteiger partial charge is 0.225 e. The average Bonchev–Trinajstić information content (AvgIpc) is 3.33. The third-order valence-electron chi connectivity index (χ3n) is 5.50. The Bertz CT molecular complexity index is 912. The molecule has 2 atom stereocenters. The number of nitrogens with zero attached hydrogens (tertiary/aromatic N) is 3. The number of anilines is 1. The first-order valence-electron chi connectivity index (χ1n) is 10.2. The standard InChI is InChI=1S/C23H26N4OS/c1-2-17-7-9-18(10-8-17)22(20-6-4-14-29-20)26-23(28)19-5-3-13-27(16-19)21-15-24-11-12-25-21/h4,6-12,14-15,19,22H,2-3,5,13,16H2,1H3,(H,26,28)/t19-,22-/m0/s1. The lowest BCUT2D eigenvalue weighted by Gasteiger charge is -2.33. The molecule has 0 spiro atoms. The number of aryl methyl sites for hydroxylation is 1. The molecule has 29 heavy (non-hydrogen) atoms. The summed E-state index contributed by atoms with van der Waals surface area (Å²) in [5.74, 6) is 0.898. The molecule has 0 radical (unpaired) electrons. The van der Waals surface area contributed by atoms with Crippen LogP contribution in [0.25, 0.3) is 0 Å². The molecule has 0 unspecified atom stereocenters. The zero-order valence-electron chi connectivity index (χ0n) is 16.6. The van der Waals surface area contributed by atoms with Crippen LogP contribution in [0.2, 0.25) is 0 Å². The van der Waals surface area contributed by atoms with E-state index in [4.69, 9.17) is 0 Å². The van der Waals surface area contributed by atoms with Gasteiger partial charge in [-0.15, -0.1) is 11.3 Å². The van der Waals surface area contributed by atoms with E-state index in [-0.39, 0.29) is 17.9 Å². The van der Waals surface area contributed by atoms with E-state index in [0.717, 1.165) is 42.1 Å². The Balaban J connectivity index is 1.50. The maximum atomic E-state index is 13.2. The van der Waals surface area contributed by atoms with Gasteiger partial charge in [-0.3, -0.25) is 9.78 Å². The summed E-state index contributed by atoms with van der Waals surface area (Å²) in [6.45, 7) is 3.74. The van der Waals surface area contributed by atoms with E-state index < -0.39 is 0 Å². The summed E-state index contributed by atoms with van der Waals surface area (Å²) in [6.07, 6.45) is 8.03. The topological polar surface area (TPSA) is 58.1 Å². The number of benzene rings is 1.